The summed E-state index contributed by atoms with van der Waals surface area (Å²) in [5, 5.41) is 0. The molecule has 0 amide bonds. The Morgan fingerprint density at radius 2 is 2.04 bits per heavy atom. The van der Waals surface area contributed by atoms with E-state index >= 15 is 0 Å². The van der Waals surface area contributed by atoms with Gasteiger partial charge >= 0.3 is 0 Å². The van der Waals surface area contributed by atoms with E-state index in [4.69, 9.17) is 0 Å². The van der Waals surface area contributed by atoms with Gasteiger partial charge in [0.25, 0.3) is 0 Å². The summed E-state index contributed by atoms with van der Waals surface area (Å²) in [5.74, 6) is 0. The normalized spacial score (nSPS) is 36.5. The molecule has 3 aliphatic carbocycles. The van der Waals surface area contributed by atoms with Crippen molar-refractivity contribution in [2.45, 2.75) is 58.0 Å². The van der Waals surface area contributed by atoms with Gasteiger partial charge in [-0.2, -0.15) is 0 Å². The highest BCUT2D eigenvalue weighted by Crippen LogP contribution is 2.49. The van der Waals surface area contributed by atoms with Crippen molar-refractivity contribution in [1.82, 2.24) is 4.90 Å². The van der Waals surface area contributed by atoms with E-state index in [2.05, 4.69) is 67.0 Å². The van der Waals surface area contributed by atoms with Gasteiger partial charge in [-0.3, -0.25) is 4.90 Å². The first-order chi connectivity index (χ1) is 11.2. The predicted octanol–water partition coefficient (Wildman–Crippen LogP) is 5.10. The molecule has 0 N–H and O–H groups in total. The number of nitrogens with zero attached hydrogens (tertiary/aromatic N) is 1. The Kier molecular flexibility index (Phi) is 3.79. The largest absolute Gasteiger partial charge is 0.289 e. The average Bonchev–Trinajstić information content (AvgIpc) is 2.83. The smallest absolute Gasteiger partial charge is 0.0291 e. The van der Waals surface area contributed by atoms with E-state index in [9.17, 15) is 0 Å². The molecular formula is C22H27N. The van der Waals surface area contributed by atoms with Crippen molar-refractivity contribution in [3.63, 3.8) is 0 Å². The molecule has 1 aliphatic heterocycles. The molecule has 0 bridgehead atoms. The van der Waals surface area contributed by atoms with Crippen LogP contribution in [0.2, 0.25) is 0 Å². The van der Waals surface area contributed by atoms with Crippen molar-refractivity contribution in [2.75, 3.05) is 6.54 Å². The van der Waals surface area contributed by atoms with Crippen LogP contribution < -0.4 is 0 Å². The van der Waals surface area contributed by atoms with Crippen LogP contribution in [0.15, 0.2) is 65.0 Å². The van der Waals surface area contributed by atoms with E-state index in [1.165, 1.54) is 36.8 Å². The van der Waals surface area contributed by atoms with Crippen LogP contribution in [0.4, 0.5) is 0 Å². The van der Waals surface area contributed by atoms with E-state index in [-0.39, 0.29) is 5.41 Å². The molecule has 1 nitrogen and oxygen atoms in total. The van der Waals surface area contributed by atoms with Crippen molar-refractivity contribution in [1.29, 1.82) is 0 Å². The summed E-state index contributed by atoms with van der Waals surface area (Å²) < 4.78 is 0. The molecule has 120 valence electrons. The van der Waals surface area contributed by atoms with Crippen LogP contribution in [-0.2, 0) is 0 Å². The van der Waals surface area contributed by atoms with Crippen molar-refractivity contribution >= 4 is 0 Å². The van der Waals surface area contributed by atoms with E-state index < -0.39 is 0 Å². The summed E-state index contributed by atoms with van der Waals surface area (Å²) in [6.45, 7) is 5.79. The highest BCUT2D eigenvalue weighted by molar-refractivity contribution is 5.45. The second kappa shape index (κ2) is 5.82. The molecule has 1 heterocycles. The summed E-state index contributed by atoms with van der Waals surface area (Å²) in [7, 11) is 0. The van der Waals surface area contributed by atoms with Crippen LogP contribution in [0.3, 0.4) is 0 Å². The minimum absolute atomic E-state index is 0.194. The fraction of sp³-hybridized carbons (Fsp3) is 0.500. The molecule has 23 heavy (non-hydrogen) atoms. The fourth-order valence-corrected chi connectivity index (χ4v) is 4.87. The Morgan fingerprint density at radius 1 is 1.17 bits per heavy atom. The number of hydrogen-bond acceptors (Lipinski definition) is 1. The minimum Gasteiger partial charge on any atom is -0.289 e. The average molecular weight is 305 g/mol. The first-order valence-electron chi connectivity index (χ1n) is 9.10. The zero-order valence-electron chi connectivity index (χ0n) is 14.4. The van der Waals surface area contributed by atoms with Gasteiger partial charge in [0, 0.05) is 24.0 Å². The van der Waals surface area contributed by atoms with Crippen molar-refractivity contribution in [3.05, 3.63) is 65.0 Å². The second-order valence-electron chi connectivity index (χ2n) is 7.66. The van der Waals surface area contributed by atoms with Gasteiger partial charge < -0.3 is 0 Å². The summed E-state index contributed by atoms with van der Waals surface area (Å²) in [6, 6.07) is 1.20. The lowest BCUT2D eigenvalue weighted by Crippen LogP contribution is -2.55. The standard InChI is InChI=1S/C22H27N/c1-17-12-13-18-16-23(19-9-5-3-4-6-10-19)21-11-7-8-14-22(21,2)20(18)15-17/h3-5,8-9,13-14,19,21H,6-7,10-11,15-16H2,1-2H3. The molecular weight excluding hydrogens is 278 g/mol. The topological polar surface area (TPSA) is 3.24 Å². The zero-order valence-corrected chi connectivity index (χ0v) is 14.4. The lowest BCUT2D eigenvalue weighted by atomic mass is 9.64. The van der Waals surface area contributed by atoms with Gasteiger partial charge in [-0.15, -0.1) is 5.73 Å². The first-order valence-corrected chi connectivity index (χ1v) is 9.10. The van der Waals surface area contributed by atoms with Gasteiger partial charge in [0.15, 0.2) is 0 Å². The number of hydrogen-bond donors (Lipinski definition) is 0. The van der Waals surface area contributed by atoms with Gasteiger partial charge in [-0.05, 0) is 61.8 Å². The minimum atomic E-state index is 0.194. The number of rotatable bonds is 1. The van der Waals surface area contributed by atoms with Crippen molar-refractivity contribution < 1.29 is 0 Å². The van der Waals surface area contributed by atoms with Crippen LogP contribution in [0.25, 0.3) is 0 Å². The monoisotopic (exact) mass is 305 g/mol. The molecule has 0 spiro atoms. The third kappa shape index (κ3) is 2.53. The second-order valence-corrected chi connectivity index (χ2v) is 7.66. The third-order valence-corrected chi connectivity index (χ3v) is 6.12. The summed E-state index contributed by atoms with van der Waals surface area (Å²) >= 11 is 0. The lowest BCUT2D eigenvalue weighted by molar-refractivity contribution is 0.0779. The van der Waals surface area contributed by atoms with Crippen LogP contribution in [0.1, 0.15) is 46.0 Å². The van der Waals surface area contributed by atoms with E-state index in [1.54, 1.807) is 5.57 Å². The first kappa shape index (κ1) is 15.0. The molecule has 1 heteroatoms. The van der Waals surface area contributed by atoms with Gasteiger partial charge in [0.1, 0.15) is 0 Å². The highest BCUT2D eigenvalue weighted by atomic mass is 15.2. The molecule has 4 aliphatic rings. The molecule has 0 saturated heterocycles. The van der Waals surface area contributed by atoms with Crippen LogP contribution >= 0.6 is 0 Å². The molecule has 0 fully saturated rings. The molecule has 4 rings (SSSR count). The summed E-state index contributed by atoms with van der Waals surface area (Å²) in [6.07, 6.45) is 22.4. The van der Waals surface area contributed by atoms with E-state index in [0.717, 1.165) is 13.0 Å². The Bertz CT molecular complexity index is 681. The SMILES string of the molecule is CC1=C=CC2=C(C1)C1(C)C=CCCC1N(C1C=CC=CCC1)C2. The zero-order chi connectivity index (χ0) is 15.9. The summed E-state index contributed by atoms with van der Waals surface area (Å²) in [4.78, 5) is 2.78. The van der Waals surface area contributed by atoms with Crippen molar-refractivity contribution in [3.8, 4) is 0 Å². The quantitative estimate of drug-likeness (QED) is 0.481. The maximum absolute atomic E-state index is 3.48. The Hall–Kier alpha value is -1.56. The van der Waals surface area contributed by atoms with Crippen LogP contribution in [0.5, 0.6) is 0 Å². The molecule has 0 aromatic carbocycles. The Labute approximate surface area is 140 Å². The van der Waals surface area contributed by atoms with Gasteiger partial charge in [0.05, 0.1) is 0 Å². The highest BCUT2D eigenvalue weighted by Gasteiger charge is 2.46. The fourth-order valence-electron chi connectivity index (χ4n) is 4.87. The summed E-state index contributed by atoms with van der Waals surface area (Å²) in [5.41, 5.74) is 8.23. The van der Waals surface area contributed by atoms with Crippen LogP contribution in [-0.4, -0.2) is 23.5 Å². The maximum Gasteiger partial charge on any atom is 0.0291 e. The Balaban J connectivity index is 1.75. The molecule has 0 aromatic rings. The third-order valence-electron chi connectivity index (χ3n) is 6.12. The van der Waals surface area contributed by atoms with Gasteiger partial charge in [-0.1, -0.05) is 43.4 Å². The predicted molar refractivity (Wildman–Crippen MR) is 97.2 cm³/mol. The molecule has 0 saturated carbocycles. The lowest BCUT2D eigenvalue weighted by Gasteiger charge is -2.53. The van der Waals surface area contributed by atoms with E-state index in [0.29, 0.717) is 12.1 Å². The van der Waals surface area contributed by atoms with Crippen molar-refractivity contribution in [2.24, 2.45) is 5.41 Å². The molecule has 0 radical (unpaired) electrons. The number of fused-ring (bicyclic) bond motifs is 2. The van der Waals surface area contributed by atoms with Crippen LogP contribution in [0, 0.1) is 5.41 Å². The van der Waals surface area contributed by atoms with Gasteiger partial charge in [0.2, 0.25) is 0 Å². The number of allylic oxidation sites excluding steroid dienone is 4. The molecule has 0 aromatic heterocycles. The van der Waals surface area contributed by atoms with Gasteiger partial charge in [-0.25, -0.2) is 0 Å². The Morgan fingerprint density at radius 3 is 2.96 bits per heavy atom. The maximum atomic E-state index is 3.48. The van der Waals surface area contributed by atoms with E-state index in [1.807, 2.05) is 0 Å². The molecule has 3 atom stereocenters. The molecule has 3 unspecified atom stereocenters.